The molecule has 0 spiro atoms. The summed E-state index contributed by atoms with van der Waals surface area (Å²) in [7, 11) is 0. The van der Waals surface area contributed by atoms with Crippen molar-refractivity contribution in [1.82, 2.24) is 14.5 Å². The van der Waals surface area contributed by atoms with Crippen molar-refractivity contribution in [2.45, 2.75) is 20.0 Å². The predicted molar refractivity (Wildman–Crippen MR) is 114 cm³/mol. The van der Waals surface area contributed by atoms with Crippen LogP contribution in [-0.4, -0.2) is 52.6 Å². The summed E-state index contributed by atoms with van der Waals surface area (Å²) >= 11 is 0. The predicted octanol–water partition coefficient (Wildman–Crippen LogP) is 3.76. The Morgan fingerprint density at radius 3 is 2.40 bits per heavy atom. The van der Waals surface area contributed by atoms with Gasteiger partial charge in [0.1, 0.15) is 11.6 Å². The van der Waals surface area contributed by atoms with Gasteiger partial charge in [0.05, 0.1) is 11.8 Å². The van der Waals surface area contributed by atoms with Crippen molar-refractivity contribution in [2.75, 3.05) is 31.1 Å². The molecule has 6 nitrogen and oxygen atoms in total. The van der Waals surface area contributed by atoms with E-state index < -0.39 is 0 Å². The van der Waals surface area contributed by atoms with E-state index in [9.17, 15) is 9.18 Å². The Hall–Kier alpha value is -3.35. The molecule has 1 aliphatic rings. The van der Waals surface area contributed by atoms with Crippen LogP contribution in [0.2, 0.25) is 0 Å². The molecule has 0 radical (unpaired) electrons. The molecule has 1 amide bonds. The zero-order valence-corrected chi connectivity index (χ0v) is 17.2. The third-order valence-electron chi connectivity index (χ3n) is 5.06. The Morgan fingerprint density at radius 1 is 1.03 bits per heavy atom. The molecule has 7 heteroatoms. The highest BCUT2D eigenvalue weighted by Gasteiger charge is 2.25. The first-order valence-corrected chi connectivity index (χ1v) is 10.1. The molecule has 156 valence electrons. The monoisotopic (exact) mass is 408 g/mol. The molecule has 3 aromatic rings. The van der Waals surface area contributed by atoms with E-state index in [0.717, 1.165) is 5.75 Å². The third-order valence-corrected chi connectivity index (χ3v) is 5.06. The van der Waals surface area contributed by atoms with E-state index in [-0.39, 0.29) is 17.8 Å². The number of carbonyl (C=O) groups excluding carboxylic acids is 1. The van der Waals surface area contributed by atoms with Crippen LogP contribution in [-0.2, 0) is 0 Å². The van der Waals surface area contributed by atoms with Crippen molar-refractivity contribution >= 4 is 11.9 Å². The fraction of sp³-hybridized carbons (Fsp3) is 0.304. The zero-order chi connectivity index (χ0) is 21.1. The Balaban J connectivity index is 1.42. The number of piperazine rings is 1. The molecule has 2 heterocycles. The summed E-state index contributed by atoms with van der Waals surface area (Å²) in [4.78, 5) is 21.2. The molecule has 0 N–H and O–H groups in total. The summed E-state index contributed by atoms with van der Waals surface area (Å²) in [5.74, 6) is 1.15. The molecule has 2 aromatic carbocycles. The molecule has 0 bridgehead atoms. The molecule has 1 aliphatic heterocycles. The van der Waals surface area contributed by atoms with Crippen molar-refractivity contribution in [3.63, 3.8) is 0 Å². The number of anilines is 1. The molecule has 0 unspecified atom stereocenters. The van der Waals surface area contributed by atoms with E-state index in [0.29, 0.717) is 43.4 Å². The number of rotatable bonds is 5. The summed E-state index contributed by atoms with van der Waals surface area (Å²) in [6.45, 7) is 6.35. The van der Waals surface area contributed by atoms with Crippen LogP contribution in [0.5, 0.6) is 5.75 Å². The highest BCUT2D eigenvalue weighted by atomic mass is 19.1. The quantitative estimate of drug-likeness (QED) is 0.645. The van der Waals surface area contributed by atoms with E-state index in [4.69, 9.17) is 4.74 Å². The van der Waals surface area contributed by atoms with Crippen molar-refractivity contribution < 1.29 is 13.9 Å². The van der Waals surface area contributed by atoms with E-state index in [1.165, 1.54) is 6.07 Å². The summed E-state index contributed by atoms with van der Waals surface area (Å²) in [5, 5.41) is 0. The number of amides is 1. The lowest BCUT2D eigenvalue weighted by Crippen LogP contribution is -2.49. The number of halogens is 1. The average Bonchev–Trinajstić information content (AvgIpc) is 3.23. The van der Waals surface area contributed by atoms with Gasteiger partial charge in [-0.15, -0.1) is 0 Å². The van der Waals surface area contributed by atoms with E-state index in [1.807, 2.05) is 30.9 Å². The highest BCUT2D eigenvalue weighted by molar-refractivity contribution is 5.94. The van der Waals surface area contributed by atoms with Gasteiger partial charge in [-0.3, -0.25) is 9.36 Å². The van der Waals surface area contributed by atoms with Crippen molar-refractivity contribution in [1.29, 1.82) is 0 Å². The summed E-state index contributed by atoms with van der Waals surface area (Å²) in [5.41, 5.74) is 1.11. The number of nitrogens with zero attached hydrogens (tertiary/aromatic N) is 4. The minimum absolute atomic E-state index is 0.00296. The minimum Gasteiger partial charge on any atom is -0.491 e. The number of carbonyl (C=O) groups is 1. The molecule has 0 saturated carbocycles. The molecular formula is C23H25FN4O2. The van der Waals surface area contributed by atoms with Crippen molar-refractivity contribution in [3.8, 4) is 11.4 Å². The maximum atomic E-state index is 14.2. The van der Waals surface area contributed by atoms with Gasteiger partial charge in [-0.1, -0.05) is 12.1 Å². The number of benzene rings is 2. The maximum Gasteiger partial charge on any atom is 0.253 e. The van der Waals surface area contributed by atoms with Gasteiger partial charge in [-0.05, 0) is 50.2 Å². The van der Waals surface area contributed by atoms with Gasteiger partial charge in [0.15, 0.2) is 0 Å². The lowest BCUT2D eigenvalue weighted by atomic mass is 10.1. The Bertz CT molecular complexity index is 1010. The number of imidazole rings is 1. The number of para-hydroxylation sites is 1. The van der Waals surface area contributed by atoms with Crippen LogP contribution in [0.3, 0.4) is 0 Å². The van der Waals surface area contributed by atoms with Crippen LogP contribution in [0.4, 0.5) is 10.3 Å². The smallest absolute Gasteiger partial charge is 0.253 e. The van der Waals surface area contributed by atoms with Crippen LogP contribution >= 0.6 is 0 Å². The standard InChI is InChI=1S/C23H25FN4O2/c1-17(2)30-19-9-7-18(8-10-19)22(29)26-13-15-27(16-14-26)23-25-11-12-28(23)21-6-4-3-5-20(21)24/h3-12,17H,13-16H2,1-2H3. The molecular weight excluding hydrogens is 383 g/mol. The van der Waals surface area contributed by atoms with Gasteiger partial charge >= 0.3 is 0 Å². The second-order valence-corrected chi connectivity index (χ2v) is 7.52. The summed E-state index contributed by atoms with van der Waals surface area (Å²) in [6, 6.07) is 13.9. The van der Waals surface area contributed by atoms with Gasteiger partial charge < -0.3 is 14.5 Å². The van der Waals surface area contributed by atoms with Crippen LogP contribution in [0.1, 0.15) is 24.2 Å². The lowest BCUT2D eigenvalue weighted by molar-refractivity contribution is 0.0746. The number of hydrogen-bond donors (Lipinski definition) is 0. The van der Waals surface area contributed by atoms with Gasteiger partial charge in [-0.2, -0.15) is 0 Å². The fourth-order valence-corrected chi connectivity index (χ4v) is 3.61. The molecule has 4 rings (SSSR count). The molecule has 1 aromatic heterocycles. The van der Waals surface area contributed by atoms with Gasteiger partial charge in [0, 0.05) is 44.1 Å². The van der Waals surface area contributed by atoms with Crippen LogP contribution < -0.4 is 9.64 Å². The lowest BCUT2D eigenvalue weighted by Gasteiger charge is -2.35. The largest absolute Gasteiger partial charge is 0.491 e. The highest BCUT2D eigenvalue weighted by Crippen LogP contribution is 2.22. The summed E-state index contributed by atoms with van der Waals surface area (Å²) in [6.07, 6.45) is 3.52. The van der Waals surface area contributed by atoms with Gasteiger partial charge in [0.2, 0.25) is 5.95 Å². The topological polar surface area (TPSA) is 50.6 Å². The third kappa shape index (κ3) is 4.15. The van der Waals surface area contributed by atoms with E-state index in [2.05, 4.69) is 9.88 Å². The normalized spacial score (nSPS) is 14.3. The minimum atomic E-state index is -0.296. The first-order chi connectivity index (χ1) is 14.5. The molecule has 0 aliphatic carbocycles. The SMILES string of the molecule is CC(C)Oc1ccc(C(=O)N2CCN(c3nccn3-c3ccccc3F)CC2)cc1. The first kappa shape index (κ1) is 19.9. The Labute approximate surface area is 175 Å². The number of ether oxygens (including phenoxy) is 1. The molecule has 30 heavy (non-hydrogen) atoms. The average molecular weight is 408 g/mol. The van der Waals surface area contributed by atoms with Crippen LogP contribution in [0, 0.1) is 5.82 Å². The van der Waals surface area contributed by atoms with Gasteiger partial charge in [-0.25, -0.2) is 9.37 Å². The second kappa shape index (κ2) is 8.57. The second-order valence-electron chi connectivity index (χ2n) is 7.52. The molecule has 1 saturated heterocycles. The fourth-order valence-electron chi connectivity index (χ4n) is 3.61. The number of hydrogen-bond acceptors (Lipinski definition) is 4. The van der Waals surface area contributed by atoms with Crippen molar-refractivity contribution in [2.24, 2.45) is 0 Å². The van der Waals surface area contributed by atoms with Crippen LogP contribution in [0.25, 0.3) is 5.69 Å². The van der Waals surface area contributed by atoms with E-state index in [1.54, 1.807) is 47.3 Å². The molecule has 0 atom stereocenters. The van der Waals surface area contributed by atoms with Crippen molar-refractivity contribution in [3.05, 3.63) is 72.3 Å². The molecule has 1 fully saturated rings. The number of aromatic nitrogens is 2. The van der Waals surface area contributed by atoms with Gasteiger partial charge in [0.25, 0.3) is 5.91 Å². The zero-order valence-electron chi connectivity index (χ0n) is 17.2. The maximum absolute atomic E-state index is 14.2. The summed E-state index contributed by atoms with van der Waals surface area (Å²) < 4.78 is 21.6. The Morgan fingerprint density at radius 2 is 1.73 bits per heavy atom. The van der Waals surface area contributed by atoms with E-state index >= 15 is 0 Å². The Kier molecular flexibility index (Phi) is 5.70. The first-order valence-electron chi connectivity index (χ1n) is 10.1. The van der Waals surface area contributed by atoms with Crippen LogP contribution in [0.15, 0.2) is 60.9 Å².